The lowest BCUT2D eigenvalue weighted by atomic mass is 9.97. The predicted octanol–water partition coefficient (Wildman–Crippen LogP) is 5.11. The Kier molecular flexibility index (Phi) is 7.10. The van der Waals surface area contributed by atoms with Crippen molar-refractivity contribution in [1.82, 2.24) is 9.29 Å². The van der Waals surface area contributed by atoms with Crippen molar-refractivity contribution in [2.24, 2.45) is 5.92 Å². The lowest BCUT2D eigenvalue weighted by Crippen LogP contribution is -2.40. The highest BCUT2D eigenvalue weighted by molar-refractivity contribution is 7.89. The van der Waals surface area contributed by atoms with Gasteiger partial charge in [-0.15, -0.1) is 0 Å². The summed E-state index contributed by atoms with van der Waals surface area (Å²) in [7, 11) is -2.99. The zero-order valence-corrected chi connectivity index (χ0v) is 22.5. The summed E-state index contributed by atoms with van der Waals surface area (Å²) in [6.45, 7) is 8.69. The third-order valence-corrected chi connectivity index (χ3v) is 8.32. The molecule has 2 heterocycles. The summed E-state index contributed by atoms with van der Waals surface area (Å²) in [5.74, 6) is 0.0198. The third kappa shape index (κ3) is 5.36. The fourth-order valence-electron chi connectivity index (χ4n) is 4.91. The molecule has 4 rings (SSSR count). The van der Waals surface area contributed by atoms with Gasteiger partial charge in [0.05, 0.1) is 11.3 Å². The molecular weight excluding hydrogens is 488 g/mol. The van der Waals surface area contributed by atoms with Crippen LogP contribution in [0, 0.1) is 5.92 Å². The molecule has 37 heavy (non-hydrogen) atoms. The minimum Gasteiger partial charge on any atom is -0.365 e. The maximum absolute atomic E-state index is 13.6. The summed E-state index contributed by atoms with van der Waals surface area (Å²) in [4.78, 5) is 31.7. The molecule has 1 N–H and O–H groups in total. The van der Waals surface area contributed by atoms with Gasteiger partial charge in [-0.3, -0.25) is 9.59 Å². The molecule has 0 spiro atoms. The second kappa shape index (κ2) is 9.97. The van der Waals surface area contributed by atoms with Crippen LogP contribution in [0.2, 0.25) is 0 Å². The number of carbonyl (C=O) groups excluding carboxylic acids is 2. The molecule has 1 atom stereocenters. The van der Waals surface area contributed by atoms with E-state index in [0.717, 1.165) is 23.0 Å². The van der Waals surface area contributed by atoms with Crippen LogP contribution in [0.3, 0.4) is 0 Å². The number of aromatic nitrogens is 1. The molecular formula is C28H32N4O4S. The topological polar surface area (TPSA) is 99.7 Å². The van der Waals surface area contributed by atoms with Gasteiger partial charge in [0, 0.05) is 30.4 Å². The normalized spacial score (nSPS) is 16.9. The number of benzene rings is 2. The molecule has 1 aliphatic heterocycles. The number of sulfonamides is 1. The number of hydrogen-bond acceptors (Lipinski definition) is 7. The van der Waals surface area contributed by atoms with E-state index in [1.54, 1.807) is 48.5 Å². The zero-order valence-electron chi connectivity index (χ0n) is 21.7. The monoisotopic (exact) mass is 520 g/mol. The van der Waals surface area contributed by atoms with Crippen LogP contribution in [-0.2, 0) is 10.0 Å². The van der Waals surface area contributed by atoms with Crippen LogP contribution in [0.1, 0.15) is 54.8 Å². The van der Waals surface area contributed by atoms with Gasteiger partial charge in [0.1, 0.15) is 5.82 Å². The molecule has 1 saturated heterocycles. The average molecular weight is 521 g/mol. The fraction of sp³-hybridized carbons (Fsp3) is 0.321. The zero-order chi connectivity index (χ0) is 27.0. The Morgan fingerprint density at radius 2 is 1.76 bits per heavy atom. The van der Waals surface area contributed by atoms with E-state index in [2.05, 4.69) is 36.0 Å². The van der Waals surface area contributed by atoms with Gasteiger partial charge in [-0.2, -0.15) is 8.42 Å². The van der Waals surface area contributed by atoms with Gasteiger partial charge in [-0.25, -0.2) is 9.29 Å². The van der Waals surface area contributed by atoms with E-state index in [1.807, 2.05) is 12.1 Å². The number of Topliss-reactive ketones (excluding diaryl/α,β-unsaturated/α-hetero) is 1. The van der Waals surface area contributed by atoms with Crippen molar-refractivity contribution in [2.75, 3.05) is 23.8 Å². The molecule has 1 amide bonds. The molecule has 9 heteroatoms. The largest absolute Gasteiger partial charge is 0.365 e. The SMILES string of the molecule is CC(=O)c1cccc(Nc2cccc(S(=O)(=O)N(C)C(=O)c3ccccc3N3CC(C)CC3(C)C)n2)c1. The predicted molar refractivity (Wildman–Crippen MR) is 145 cm³/mol. The van der Waals surface area contributed by atoms with Crippen molar-refractivity contribution < 1.29 is 18.0 Å². The van der Waals surface area contributed by atoms with E-state index in [9.17, 15) is 18.0 Å². The summed E-state index contributed by atoms with van der Waals surface area (Å²) in [5.41, 5.74) is 2.00. The smallest absolute Gasteiger partial charge is 0.284 e. The van der Waals surface area contributed by atoms with Crippen LogP contribution in [-0.4, -0.2) is 48.5 Å². The Hall–Kier alpha value is -3.72. The third-order valence-electron chi connectivity index (χ3n) is 6.67. The van der Waals surface area contributed by atoms with Gasteiger partial charge in [0.25, 0.3) is 15.9 Å². The Balaban J connectivity index is 1.62. The van der Waals surface area contributed by atoms with Crippen molar-refractivity contribution in [3.63, 3.8) is 0 Å². The maximum Gasteiger partial charge on any atom is 0.284 e. The van der Waals surface area contributed by atoms with Gasteiger partial charge in [0.15, 0.2) is 10.8 Å². The number of ketones is 1. The molecule has 1 aliphatic rings. The first-order valence-corrected chi connectivity index (χ1v) is 13.6. The number of hydrogen-bond donors (Lipinski definition) is 1. The molecule has 0 radical (unpaired) electrons. The molecule has 0 aliphatic carbocycles. The van der Waals surface area contributed by atoms with E-state index in [1.165, 1.54) is 20.0 Å². The number of pyridine rings is 1. The lowest BCUT2D eigenvalue weighted by Gasteiger charge is -2.35. The first-order chi connectivity index (χ1) is 17.4. The summed E-state index contributed by atoms with van der Waals surface area (Å²) in [6, 6.07) is 18.5. The van der Waals surface area contributed by atoms with Crippen LogP contribution >= 0.6 is 0 Å². The van der Waals surface area contributed by atoms with Crippen molar-refractivity contribution in [3.05, 3.63) is 77.9 Å². The quantitative estimate of drug-likeness (QED) is 0.432. The minimum absolute atomic E-state index is 0.0832. The van der Waals surface area contributed by atoms with E-state index < -0.39 is 15.9 Å². The van der Waals surface area contributed by atoms with Crippen molar-refractivity contribution in [3.8, 4) is 0 Å². The van der Waals surface area contributed by atoms with Crippen LogP contribution in [0.5, 0.6) is 0 Å². The number of rotatable bonds is 7. The van der Waals surface area contributed by atoms with Gasteiger partial charge >= 0.3 is 0 Å². The lowest BCUT2D eigenvalue weighted by molar-refractivity contribution is 0.0882. The van der Waals surface area contributed by atoms with Crippen molar-refractivity contribution in [2.45, 2.75) is 44.7 Å². The number of nitrogens with one attached hydrogen (secondary N) is 1. The van der Waals surface area contributed by atoms with E-state index in [4.69, 9.17) is 0 Å². The molecule has 3 aromatic rings. The second-order valence-corrected chi connectivity index (χ2v) is 12.1. The van der Waals surface area contributed by atoms with Crippen molar-refractivity contribution in [1.29, 1.82) is 0 Å². The summed E-state index contributed by atoms with van der Waals surface area (Å²) < 4.78 is 27.7. The molecule has 8 nitrogen and oxygen atoms in total. The second-order valence-electron chi connectivity index (χ2n) is 10.2. The van der Waals surface area contributed by atoms with E-state index >= 15 is 0 Å². The highest BCUT2D eigenvalue weighted by Crippen LogP contribution is 2.38. The highest BCUT2D eigenvalue weighted by atomic mass is 32.2. The Morgan fingerprint density at radius 3 is 2.43 bits per heavy atom. The summed E-state index contributed by atoms with van der Waals surface area (Å²) >= 11 is 0. The number of carbonyl (C=O) groups is 2. The number of para-hydroxylation sites is 1. The first kappa shape index (κ1) is 26.3. The van der Waals surface area contributed by atoms with Gasteiger partial charge in [0.2, 0.25) is 0 Å². The van der Waals surface area contributed by atoms with E-state index in [-0.39, 0.29) is 22.2 Å². The van der Waals surface area contributed by atoms with Crippen LogP contribution in [0.25, 0.3) is 0 Å². The Labute approximate surface area is 218 Å². The number of nitrogens with zero attached hydrogens (tertiary/aromatic N) is 3. The average Bonchev–Trinajstić information content (AvgIpc) is 3.14. The number of anilines is 3. The summed E-state index contributed by atoms with van der Waals surface area (Å²) in [5, 5.41) is 2.77. The van der Waals surface area contributed by atoms with E-state index in [0.29, 0.717) is 22.7 Å². The molecule has 0 saturated carbocycles. The van der Waals surface area contributed by atoms with Crippen LogP contribution in [0.4, 0.5) is 17.2 Å². The summed E-state index contributed by atoms with van der Waals surface area (Å²) in [6.07, 6.45) is 0.975. The maximum atomic E-state index is 13.6. The molecule has 2 aromatic carbocycles. The highest BCUT2D eigenvalue weighted by Gasteiger charge is 2.39. The standard InChI is InChI=1S/C28H32N4O4S/c1-19-17-28(3,4)32(18-19)24-13-7-6-12-23(24)27(34)31(5)37(35,36)26-15-9-14-25(30-26)29-22-11-8-10-21(16-22)20(2)33/h6-16,19H,17-18H2,1-5H3,(H,29,30). The first-order valence-electron chi connectivity index (χ1n) is 12.1. The molecule has 194 valence electrons. The minimum atomic E-state index is -4.24. The van der Waals surface area contributed by atoms with Crippen LogP contribution < -0.4 is 10.2 Å². The van der Waals surface area contributed by atoms with Gasteiger partial charge in [-0.05, 0) is 69.5 Å². The number of amides is 1. The fourth-order valence-corrected chi connectivity index (χ4v) is 5.97. The molecule has 1 fully saturated rings. The Morgan fingerprint density at radius 1 is 1.05 bits per heavy atom. The Bertz CT molecular complexity index is 1450. The molecule has 1 unspecified atom stereocenters. The molecule has 0 bridgehead atoms. The molecule has 1 aromatic heterocycles. The van der Waals surface area contributed by atoms with Gasteiger partial charge in [-0.1, -0.05) is 37.3 Å². The van der Waals surface area contributed by atoms with Gasteiger partial charge < -0.3 is 10.2 Å². The van der Waals surface area contributed by atoms with Crippen LogP contribution in [0.15, 0.2) is 71.8 Å². The van der Waals surface area contributed by atoms with Crippen molar-refractivity contribution >= 4 is 38.9 Å².